The largest absolute Gasteiger partial charge is 0.489 e. The number of ether oxygens (including phenoxy) is 1. The van der Waals surface area contributed by atoms with Crippen LogP contribution in [0.2, 0.25) is 0 Å². The second kappa shape index (κ2) is 7.28. The van der Waals surface area contributed by atoms with E-state index in [9.17, 15) is 14.7 Å². The van der Waals surface area contributed by atoms with Crippen LogP contribution in [0.5, 0.6) is 5.75 Å². The van der Waals surface area contributed by atoms with E-state index in [1.807, 2.05) is 43.3 Å². The zero-order valence-corrected chi connectivity index (χ0v) is 15.9. The van der Waals surface area contributed by atoms with Gasteiger partial charge in [-0.2, -0.15) is 0 Å². The van der Waals surface area contributed by atoms with Crippen LogP contribution in [0, 0.1) is 5.92 Å². The molecular formula is C22H24N2O4. The summed E-state index contributed by atoms with van der Waals surface area (Å²) in [6.07, 6.45) is 0.628. The Morgan fingerprint density at radius 2 is 1.93 bits per heavy atom. The van der Waals surface area contributed by atoms with E-state index >= 15 is 0 Å². The summed E-state index contributed by atoms with van der Waals surface area (Å²) < 4.78 is 6.06. The number of carbonyl (C=O) groups is 2. The van der Waals surface area contributed by atoms with Crippen molar-refractivity contribution in [1.29, 1.82) is 0 Å². The van der Waals surface area contributed by atoms with Crippen LogP contribution in [0.25, 0.3) is 0 Å². The van der Waals surface area contributed by atoms with Gasteiger partial charge >= 0.3 is 0 Å². The van der Waals surface area contributed by atoms with Gasteiger partial charge in [0.1, 0.15) is 11.9 Å². The Kier molecular flexibility index (Phi) is 4.81. The van der Waals surface area contributed by atoms with Crippen molar-refractivity contribution in [2.75, 3.05) is 13.7 Å². The maximum absolute atomic E-state index is 12.8. The molecule has 4 atom stereocenters. The highest BCUT2D eigenvalue weighted by Gasteiger charge is 2.39. The van der Waals surface area contributed by atoms with Gasteiger partial charge in [0.05, 0.1) is 5.56 Å². The third kappa shape index (κ3) is 3.24. The van der Waals surface area contributed by atoms with Crippen LogP contribution in [0.1, 0.15) is 51.1 Å². The summed E-state index contributed by atoms with van der Waals surface area (Å²) in [7, 11) is 1.56. The Hall–Kier alpha value is -2.86. The second-order valence-corrected chi connectivity index (χ2v) is 7.49. The first kappa shape index (κ1) is 18.5. The van der Waals surface area contributed by atoms with E-state index in [-0.39, 0.29) is 42.4 Å². The molecule has 0 saturated heterocycles. The highest BCUT2D eigenvalue weighted by Crippen LogP contribution is 2.45. The van der Waals surface area contributed by atoms with Crippen LogP contribution in [0.4, 0.5) is 0 Å². The number of amides is 2. The van der Waals surface area contributed by atoms with Crippen molar-refractivity contribution in [2.45, 2.75) is 31.4 Å². The topological polar surface area (TPSA) is 87.7 Å². The molecule has 1 aliphatic carbocycles. The zero-order chi connectivity index (χ0) is 19.8. The average molecular weight is 380 g/mol. The Morgan fingerprint density at radius 3 is 2.57 bits per heavy atom. The Labute approximate surface area is 163 Å². The normalized spacial score (nSPS) is 24.8. The SMILES string of the molecule is CNC(=O)c1cc(C(=O)N[C@@H]2C[C@H]2CO)cc2c1OC(C)C2c1ccccc1. The summed E-state index contributed by atoms with van der Waals surface area (Å²) >= 11 is 0. The van der Waals surface area contributed by atoms with E-state index in [0.717, 1.165) is 17.5 Å². The molecule has 0 aromatic heterocycles. The zero-order valence-electron chi connectivity index (χ0n) is 15.9. The molecule has 1 fully saturated rings. The molecule has 1 aliphatic heterocycles. The molecule has 28 heavy (non-hydrogen) atoms. The van der Waals surface area contributed by atoms with Gasteiger partial charge in [0.15, 0.2) is 0 Å². The Balaban J connectivity index is 1.75. The summed E-state index contributed by atoms with van der Waals surface area (Å²) in [4.78, 5) is 25.3. The van der Waals surface area contributed by atoms with Gasteiger partial charge in [-0.3, -0.25) is 9.59 Å². The summed E-state index contributed by atoms with van der Waals surface area (Å²) in [5, 5.41) is 14.8. The first-order valence-corrected chi connectivity index (χ1v) is 9.56. The van der Waals surface area contributed by atoms with Crippen LogP contribution >= 0.6 is 0 Å². The maximum Gasteiger partial charge on any atom is 0.254 e. The number of benzene rings is 2. The number of aliphatic hydroxyl groups is 1. The molecule has 1 heterocycles. The molecule has 2 amide bonds. The van der Waals surface area contributed by atoms with Crippen molar-refractivity contribution in [3.63, 3.8) is 0 Å². The van der Waals surface area contributed by atoms with Crippen LogP contribution in [-0.4, -0.2) is 42.7 Å². The van der Waals surface area contributed by atoms with Gasteiger partial charge in [-0.1, -0.05) is 30.3 Å². The predicted molar refractivity (Wildman–Crippen MR) is 105 cm³/mol. The lowest BCUT2D eigenvalue weighted by molar-refractivity contribution is 0.0947. The molecule has 1 saturated carbocycles. The van der Waals surface area contributed by atoms with E-state index in [0.29, 0.717) is 16.9 Å². The van der Waals surface area contributed by atoms with Gasteiger partial charge < -0.3 is 20.5 Å². The number of fused-ring (bicyclic) bond motifs is 1. The first-order chi connectivity index (χ1) is 13.5. The van der Waals surface area contributed by atoms with Gasteiger partial charge in [-0.15, -0.1) is 0 Å². The minimum absolute atomic E-state index is 0.00528. The fourth-order valence-electron chi connectivity index (χ4n) is 3.94. The lowest BCUT2D eigenvalue weighted by Gasteiger charge is -2.15. The third-order valence-corrected chi connectivity index (χ3v) is 5.59. The van der Waals surface area contributed by atoms with E-state index in [1.165, 1.54) is 0 Å². The minimum Gasteiger partial charge on any atom is -0.489 e. The van der Waals surface area contributed by atoms with Gasteiger partial charge in [0.25, 0.3) is 11.8 Å². The lowest BCUT2D eigenvalue weighted by atomic mass is 9.87. The average Bonchev–Trinajstić information content (AvgIpc) is 3.38. The van der Waals surface area contributed by atoms with E-state index in [4.69, 9.17) is 4.74 Å². The lowest BCUT2D eigenvalue weighted by Crippen LogP contribution is -2.28. The quantitative estimate of drug-likeness (QED) is 0.741. The van der Waals surface area contributed by atoms with E-state index < -0.39 is 0 Å². The smallest absolute Gasteiger partial charge is 0.254 e. The summed E-state index contributed by atoms with van der Waals surface area (Å²) in [6.45, 7) is 2.04. The van der Waals surface area contributed by atoms with Crippen molar-refractivity contribution in [2.24, 2.45) is 5.92 Å². The fraction of sp³-hybridized carbons (Fsp3) is 0.364. The highest BCUT2D eigenvalue weighted by atomic mass is 16.5. The molecule has 0 spiro atoms. The van der Waals surface area contributed by atoms with Crippen LogP contribution in [0.3, 0.4) is 0 Å². The van der Waals surface area contributed by atoms with Crippen molar-refractivity contribution in [3.8, 4) is 5.75 Å². The third-order valence-electron chi connectivity index (χ3n) is 5.59. The molecule has 146 valence electrons. The molecule has 6 nitrogen and oxygen atoms in total. The summed E-state index contributed by atoms with van der Waals surface area (Å²) in [5.74, 6) is 0.0827. The number of hydrogen-bond acceptors (Lipinski definition) is 4. The number of hydrogen-bond donors (Lipinski definition) is 3. The number of rotatable bonds is 5. The number of aliphatic hydroxyl groups excluding tert-OH is 1. The van der Waals surface area contributed by atoms with Crippen LogP contribution in [0.15, 0.2) is 42.5 Å². The van der Waals surface area contributed by atoms with Crippen molar-refractivity contribution < 1.29 is 19.4 Å². The van der Waals surface area contributed by atoms with E-state index in [2.05, 4.69) is 10.6 Å². The van der Waals surface area contributed by atoms with Crippen molar-refractivity contribution in [3.05, 3.63) is 64.7 Å². The van der Waals surface area contributed by atoms with Gasteiger partial charge in [-0.25, -0.2) is 0 Å². The maximum atomic E-state index is 12.8. The molecule has 2 unspecified atom stereocenters. The molecule has 3 N–H and O–H groups in total. The van der Waals surface area contributed by atoms with Crippen LogP contribution in [-0.2, 0) is 0 Å². The molecule has 6 heteroatoms. The molecule has 2 aliphatic rings. The highest BCUT2D eigenvalue weighted by molar-refractivity contribution is 6.02. The second-order valence-electron chi connectivity index (χ2n) is 7.49. The molecule has 0 bridgehead atoms. The minimum atomic E-state index is -0.286. The van der Waals surface area contributed by atoms with Gasteiger partial charge in [0.2, 0.25) is 0 Å². The monoisotopic (exact) mass is 380 g/mol. The predicted octanol–water partition coefficient (Wildman–Crippen LogP) is 2.07. The number of nitrogens with one attached hydrogen (secondary N) is 2. The summed E-state index contributed by atoms with van der Waals surface area (Å²) in [6, 6.07) is 13.4. The Morgan fingerprint density at radius 1 is 1.18 bits per heavy atom. The standard InChI is InChI=1S/C22H24N2O4/c1-12-19(13-6-4-3-5-7-13)16-8-14(21(26)24-18-10-15(18)11-25)9-17(20(16)28-12)22(27)23-2/h3-9,12,15,18-19,25H,10-11H2,1-2H3,(H,23,27)(H,24,26)/t12?,15-,18+,19?/m0/s1. The molecule has 2 aromatic rings. The molecular weight excluding hydrogens is 356 g/mol. The van der Waals surface area contributed by atoms with E-state index in [1.54, 1.807) is 13.1 Å². The summed E-state index contributed by atoms with van der Waals surface area (Å²) in [5.41, 5.74) is 2.72. The van der Waals surface area contributed by atoms with Gasteiger partial charge in [0, 0.05) is 42.7 Å². The fourth-order valence-corrected chi connectivity index (χ4v) is 3.94. The molecule has 0 radical (unpaired) electrons. The molecule has 2 aromatic carbocycles. The van der Waals surface area contributed by atoms with Gasteiger partial charge in [-0.05, 0) is 31.0 Å². The van der Waals surface area contributed by atoms with Crippen molar-refractivity contribution >= 4 is 11.8 Å². The first-order valence-electron chi connectivity index (χ1n) is 9.56. The van der Waals surface area contributed by atoms with Crippen LogP contribution < -0.4 is 15.4 Å². The van der Waals surface area contributed by atoms with Crippen molar-refractivity contribution in [1.82, 2.24) is 10.6 Å². The Bertz CT molecular complexity index is 912. The number of carbonyl (C=O) groups excluding carboxylic acids is 2. The molecule has 4 rings (SSSR count).